The van der Waals surface area contributed by atoms with E-state index >= 15 is 0 Å². The van der Waals surface area contributed by atoms with Crippen molar-refractivity contribution >= 4 is 5.91 Å². The van der Waals surface area contributed by atoms with Crippen LogP contribution in [0.25, 0.3) is 0 Å². The summed E-state index contributed by atoms with van der Waals surface area (Å²) in [5.41, 5.74) is 2.30. The van der Waals surface area contributed by atoms with Gasteiger partial charge in [-0.15, -0.1) is 0 Å². The predicted octanol–water partition coefficient (Wildman–Crippen LogP) is 2.87. The summed E-state index contributed by atoms with van der Waals surface area (Å²) in [7, 11) is 0. The quantitative estimate of drug-likeness (QED) is 0.808. The second kappa shape index (κ2) is 8.34. The topological polar surface area (TPSA) is 32.8 Å². The number of piperazine rings is 1. The first kappa shape index (κ1) is 17.8. The number of benzene rings is 1. The first-order chi connectivity index (χ1) is 11.0. The van der Waals surface area contributed by atoms with Gasteiger partial charge in [0.05, 0.1) is 0 Å². The number of nitrogens with zero attached hydrogens (tertiary/aromatic N) is 2. The Morgan fingerprint density at radius 3 is 2.52 bits per heavy atom. The minimum atomic E-state index is 0.0921. The van der Waals surface area contributed by atoms with Crippen molar-refractivity contribution in [3.8, 4) is 5.75 Å². The third-order valence-electron chi connectivity index (χ3n) is 4.65. The molecule has 1 aliphatic heterocycles. The molecule has 1 saturated heterocycles. The molecular formula is C19H30N2O2. The van der Waals surface area contributed by atoms with Crippen LogP contribution in [-0.4, -0.2) is 55.0 Å². The molecular weight excluding hydrogens is 288 g/mol. The van der Waals surface area contributed by atoms with E-state index in [0.29, 0.717) is 0 Å². The Morgan fingerprint density at radius 1 is 1.17 bits per heavy atom. The zero-order valence-electron chi connectivity index (χ0n) is 15.0. The molecule has 0 aromatic heterocycles. The van der Waals surface area contributed by atoms with Crippen molar-refractivity contribution < 1.29 is 9.53 Å². The third kappa shape index (κ3) is 5.24. The van der Waals surface area contributed by atoms with Crippen molar-refractivity contribution in [3.05, 3.63) is 29.3 Å². The SMILES string of the molecule is Cc1cccc(OCC(=O)N2CCN(CCC(C)C)CC2)c1C. The monoisotopic (exact) mass is 318 g/mol. The average molecular weight is 318 g/mol. The van der Waals surface area contributed by atoms with Gasteiger partial charge in [0, 0.05) is 26.2 Å². The van der Waals surface area contributed by atoms with Crippen LogP contribution in [0.15, 0.2) is 18.2 Å². The second-order valence-electron chi connectivity index (χ2n) is 6.89. The van der Waals surface area contributed by atoms with Crippen LogP contribution in [0.3, 0.4) is 0 Å². The summed E-state index contributed by atoms with van der Waals surface area (Å²) < 4.78 is 5.73. The Balaban J connectivity index is 1.76. The van der Waals surface area contributed by atoms with Gasteiger partial charge >= 0.3 is 0 Å². The molecule has 0 saturated carbocycles. The lowest BCUT2D eigenvalue weighted by atomic mass is 10.1. The summed E-state index contributed by atoms with van der Waals surface area (Å²) in [6, 6.07) is 5.95. The third-order valence-corrected chi connectivity index (χ3v) is 4.65. The van der Waals surface area contributed by atoms with Gasteiger partial charge in [0.25, 0.3) is 5.91 Å². The van der Waals surface area contributed by atoms with Gasteiger partial charge in [-0.25, -0.2) is 0 Å². The molecule has 1 fully saturated rings. The normalized spacial score (nSPS) is 16.0. The zero-order chi connectivity index (χ0) is 16.8. The fourth-order valence-electron chi connectivity index (χ4n) is 2.77. The highest BCUT2D eigenvalue weighted by Gasteiger charge is 2.21. The van der Waals surface area contributed by atoms with E-state index < -0.39 is 0 Å². The summed E-state index contributed by atoms with van der Waals surface area (Å²) in [6.07, 6.45) is 1.23. The molecule has 1 aliphatic rings. The fourth-order valence-corrected chi connectivity index (χ4v) is 2.77. The van der Waals surface area contributed by atoms with Gasteiger partial charge in [-0.05, 0) is 49.9 Å². The lowest BCUT2D eigenvalue weighted by Gasteiger charge is -2.35. The van der Waals surface area contributed by atoms with E-state index in [2.05, 4.69) is 31.7 Å². The highest BCUT2D eigenvalue weighted by atomic mass is 16.5. The lowest BCUT2D eigenvalue weighted by molar-refractivity contribution is -0.135. The Morgan fingerprint density at radius 2 is 1.87 bits per heavy atom. The Kier molecular flexibility index (Phi) is 6.46. The highest BCUT2D eigenvalue weighted by molar-refractivity contribution is 5.78. The minimum absolute atomic E-state index is 0.0921. The number of hydrogen-bond acceptors (Lipinski definition) is 3. The van der Waals surface area contributed by atoms with Crippen molar-refractivity contribution in [1.82, 2.24) is 9.80 Å². The fraction of sp³-hybridized carbons (Fsp3) is 0.632. The Labute approximate surface area is 140 Å². The predicted molar refractivity (Wildman–Crippen MR) is 93.9 cm³/mol. The van der Waals surface area contributed by atoms with Crippen LogP contribution in [-0.2, 0) is 4.79 Å². The van der Waals surface area contributed by atoms with E-state index in [1.54, 1.807) is 0 Å². The van der Waals surface area contributed by atoms with Crippen molar-refractivity contribution in [2.45, 2.75) is 34.1 Å². The summed E-state index contributed by atoms with van der Waals surface area (Å²) in [4.78, 5) is 16.7. The summed E-state index contributed by atoms with van der Waals surface area (Å²) in [5.74, 6) is 1.64. The van der Waals surface area contributed by atoms with E-state index in [4.69, 9.17) is 4.74 Å². The molecule has 0 aliphatic carbocycles. The maximum absolute atomic E-state index is 12.3. The Hall–Kier alpha value is -1.55. The number of carbonyl (C=O) groups excluding carboxylic acids is 1. The van der Waals surface area contributed by atoms with E-state index in [9.17, 15) is 4.79 Å². The minimum Gasteiger partial charge on any atom is -0.483 e. The molecule has 0 atom stereocenters. The van der Waals surface area contributed by atoms with Crippen molar-refractivity contribution in [2.75, 3.05) is 39.3 Å². The maximum atomic E-state index is 12.3. The van der Waals surface area contributed by atoms with Crippen LogP contribution >= 0.6 is 0 Å². The first-order valence-electron chi connectivity index (χ1n) is 8.66. The number of hydrogen-bond donors (Lipinski definition) is 0. The van der Waals surface area contributed by atoms with Crippen LogP contribution in [0.4, 0.5) is 0 Å². The van der Waals surface area contributed by atoms with Crippen LogP contribution in [0.5, 0.6) is 5.75 Å². The van der Waals surface area contributed by atoms with Crippen molar-refractivity contribution in [1.29, 1.82) is 0 Å². The van der Waals surface area contributed by atoms with Crippen LogP contribution in [0.1, 0.15) is 31.4 Å². The molecule has 0 radical (unpaired) electrons. The van der Waals surface area contributed by atoms with Crippen LogP contribution in [0, 0.1) is 19.8 Å². The molecule has 1 heterocycles. The number of ether oxygens (including phenoxy) is 1. The molecule has 4 nitrogen and oxygen atoms in total. The molecule has 1 amide bonds. The zero-order valence-corrected chi connectivity index (χ0v) is 15.0. The molecule has 4 heteroatoms. The molecule has 128 valence electrons. The number of amides is 1. The summed E-state index contributed by atoms with van der Waals surface area (Å²) in [6.45, 7) is 13.4. The van der Waals surface area contributed by atoms with Crippen molar-refractivity contribution in [3.63, 3.8) is 0 Å². The largest absolute Gasteiger partial charge is 0.483 e. The molecule has 1 aromatic rings. The van der Waals surface area contributed by atoms with E-state index in [1.807, 2.05) is 24.0 Å². The summed E-state index contributed by atoms with van der Waals surface area (Å²) in [5, 5.41) is 0. The van der Waals surface area contributed by atoms with E-state index in [1.165, 1.54) is 12.0 Å². The van der Waals surface area contributed by atoms with E-state index in [0.717, 1.165) is 50.0 Å². The van der Waals surface area contributed by atoms with E-state index in [-0.39, 0.29) is 12.5 Å². The highest BCUT2D eigenvalue weighted by Crippen LogP contribution is 2.20. The standard InChI is InChI=1S/C19H30N2O2/c1-15(2)8-9-20-10-12-21(13-11-20)19(22)14-23-18-7-5-6-16(3)17(18)4/h5-7,15H,8-14H2,1-4H3. The molecule has 23 heavy (non-hydrogen) atoms. The second-order valence-corrected chi connectivity index (χ2v) is 6.89. The van der Waals surface area contributed by atoms with Gasteiger partial charge < -0.3 is 9.64 Å². The average Bonchev–Trinajstić information content (AvgIpc) is 2.54. The van der Waals surface area contributed by atoms with Gasteiger partial charge in [0.2, 0.25) is 0 Å². The van der Waals surface area contributed by atoms with Crippen molar-refractivity contribution in [2.24, 2.45) is 5.92 Å². The van der Waals surface area contributed by atoms with Crippen LogP contribution in [0.2, 0.25) is 0 Å². The van der Waals surface area contributed by atoms with Crippen LogP contribution < -0.4 is 4.74 Å². The van der Waals surface area contributed by atoms with Gasteiger partial charge in [0.1, 0.15) is 5.75 Å². The molecule has 0 unspecified atom stereocenters. The lowest BCUT2D eigenvalue weighted by Crippen LogP contribution is -2.50. The number of rotatable bonds is 6. The molecule has 0 bridgehead atoms. The molecule has 0 spiro atoms. The number of carbonyl (C=O) groups is 1. The number of aryl methyl sites for hydroxylation is 1. The van der Waals surface area contributed by atoms with Gasteiger partial charge in [-0.2, -0.15) is 0 Å². The van der Waals surface area contributed by atoms with Gasteiger partial charge in [-0.1, -0.05) is 26.0 Å². The molecule has 1 aromatic carbocycles. The summed E-state index contributed by atoms with van der Waals surface area (Å²) >= 11 is 0. The van der Waals surface area contributed by atoms with Gasteiger partial charge in [0.15, 0.2) is 6.61 Å². The Bertz CT molecular complexity index is 520. The van der Waals surface area contributed by atoms with Gasteiger partial charge in [-0.3, -0.25) is 9.69 Å². The smallest absolute Gasteiger partial charge is 0.260 e. The molecule has 2 rings (SSSR count). The molecule has 0 N–H and O–H groups in total. The maximum Gasteiger partial charge on any atom is 0.260 e. The first-order valence-corrected chi connectivity index (χ1v) is 8.66.